The topological polar surface area (TPSA) is 63.2 Å². The molecule has 2 aromatic rings. The van der Waals surface area contributed by atoms with Gasteiger partial charge in [-0.3, -0.25) is 4.98 Å². The highest BCUT2D eigenvalue weighted by molar-refractivity contribution is 6.30. The second-order valence-corrected chi connectivity index (χ2v) is 5.44. The van der Waals surface area contributed by atoms with Crippen LogP contribution < -0.4 is 15.4 Å². The molecule has 5 nitrogen and oxygen atoms in total. The third kappa shape index (κ3) is 5.79. The molecule has 0 saturated heterocycles. The number of carbonyl (C=O) groups excluding carboxylic acids is 1. The van der Waals surface area contributed by atoms with Crippen molar-refractivity contribution in [3.63, 3.8) is 0 Å². The van der Waals surface area contributed by atoms with Crippen LogP contribution in [0.25, 0.3) is 0 Å². The van der Waals surface area contributed by atoms with Crippen molar-refractivity contribution in [2.75, 3.05) is 20.2 Å². The number of pyridine rings is 1. The SMILES string of the molecule is COc1ccc(Cl)cc1CCNC(=O)NCCc1cccnc1. The summed E-state index contributed by atoms with van der Waals surface area (Å²) in [6.45, 7) is 1.08. The highest BCUT2D eigenvalue weighted by Gasteiger charge is 2.05. The van der Waals surface area contributed by atoms with Gasteiger partial charge >= 0.3 is 6.03 Å². The molecule has 1 aromatic heterocycles. The Balaban J connectivity index is 1.70. The van der Waals surface area contributed by atoms with Gasteiger partial charge in [0.05, 0.1) is 7.11 Å². The van der Waals surface area contributed by atoms with Crippen LogP contribution in [0.1, 0.15) is 11.1 Å². The standard InChI is InChI=1S/C17H20ClN3O2/c1-23-16-5-4-15(18)11-14(16)7-10-21-17(22)20-9-6-13-3-2-8-19-12-13/h2-5,8,11-12H,6-7,9-10H2,1H3,(H2,20,21,22). The number of hydrogen-bond donors (Lipinski definition) is 2. The van der Waals surface area contributed by atoms with Crippen molar-refractivity contribution in [1.82, 2.24) is 15.6 Å². The molecule has 6 heteroatoms. The molecule has 1 heterocycles. The van der Waals surface area contributed by atoms with Gasteiger partial charge in [-0.1, -0.05) is 17.7 Å². The molecular weight excluding hydrogens is 314 g/mol. The van der Waals surface area contributed by atoms with Crippen molar-refractivity contribution in [3.8, 4) is 5.75 Å². The van der Waals surface area contributed by atoms with Gasteiger partial charge in [-0.05, 0) is 48.2 Å². The van der Waals surface area contributed by atoms with Crippen LogP contribution in [0, 0.1) is 0 Å². The fourth-order valence-electron chi connectivity index (χ4n) is 2.18. The maximum atomic E-state index is 11.7. The minimum atomic E-state index is -0.185. The Bertz CT molecular complexity index is 635. The number of aromatic nitrogens is 1. The number of benzene rings is 1. The van der Waals surface area contributed by atoms with E-state index in [1.54, 1.807) is 25.6 Å². The molecule has 2 amide bonds. The summed E-state index contributed by atoms with van der Waals surface area (Å²) < 4.78 is 5.28. The zero-order valence-corrected chi connectivity index (χ0v) is 13.8. The summed E-state index contributed by atoms with van der Waals surface area (Å²) in [7, 11) is 1.62. The van der Waals surface area contributed by atoms with Crippen LogP contribution in [0.2, 0.25) is 5.02 Å². The van der Waals surface area contributed by atoms with Crippen molar-refractivity contribution in [1.29, 1.82) is 0 Å². The number of ether oxygens (including phenoxy) is 1. The third-order valence-electron chi connectivity index (χ3n) is 3.34. The predicted octanol–water partition coefficient (Wildman–Crippen LogP) is 2.83. The Morgan fingerprint density at radius 3 is 2.70 bits per heavy atom. The lowest BCUT2D eigenvalue weighted by Crippen LogP contribution is -2.37. The quantitative estimate of drug-likeness (QED) is 0.819. The van der Waals surface area contributed by atoms with Gasteiger partial charge in [0, 0.05) is 30.5 Å². The van der Waals surface area contributed by atoms with E-state index < -0.39 is 0 Å². The number of methoxy groups -OCH3 is 1. The van der Waals surface area contributed by atoms with Crippen LogP contribution >= 0.6 is 11.6 Å². The van der Waals surface area contributed by atoms with E-state index in [1.165, 1.54) is 0 Å². The van der Waals surface area contributed by atoms with Crippen molar-refractivity contribution in [2.24, 2.45) is 0 Å². The second-order valence-electron chi connectivity index (χ2n) is 5.00. The molecule has 0 spiro atoms. The fourth-order valence-corrected chi connectivity index (χ4v) is 2.38. The lowest BCUT2D eigenvalue weighted by molar-refractivity contribution is 0.241. The maximum Gasteiger partial charge on any atom is 0.314 e. The van der Waals surface area contributed by atoms with Crippen LogP contribution in [0.5, 0.6) is 5.75 Å². The van der Waals surface area contributed by atoms with Gasteiger partial charge in [0.1, 0.15) is 5.75 Å². The van der Waals surface area contributed by atoms with Crippen LogP contribution in [-0.2, 0) is 12.8 Å². The van der Waals surface area contributed by atoms with Crippen LogP contribution in [0.3, 0.4) is 0 Å². The first-order chi connectivity index (χ1) is 11.2. The molecular formula is C17H20ClN3O2. The molecule has 122 valence electrons. The summed E-state index contributed by atoms with van der Waals surface area (Å²) in [4.78, 5) is 15.8. The Hall–Kier alpha value is -2.27. The van der Waals surface area contributed by atoms with E-state index in [0.717, 1.165) is 23.3 Å². The van der Waals surface area contributed by atoms with Crippen molar-refractivity contribution in [3.05, 3.63) is 58.9 Å². The first-order valence-corrected chi connectivity index (χ1v) is 7.80. The Kier molecular flexibility index (Phi) is 6.69. The molecule has 0 unspecified atom stereocenters. The first-order valence-electron chi connectivity index (χ1n) is 7.42. The van der Waals surface area contributed by atoms with Crippen molar-refractivity contribution >= 4 is 17.6 Å². The molecule has 0 aliphatic rings. The number of halogens is 1. The Morgan fingerprint density at radius 1 is 1.22 bits per heavy atom. The van der Waals surface area contributed by atoms with E-state index in [4.69, 9.17) is 16.3 Å². The average molecular weight is 334 g/mol. The van der Waals surface area contributed by atoms with Crippen LogP contribution in [0.15, 0.2) is 42.7 Å². The molecule has 0 saturated carbocycles. The maximum absolute atomic E-state index is 11.7. The monoisotopic (exact) mass is 333 g/mol. The number of nitrogens with one attached hydrogen (secondary N) is 2. The third-order valence-corrected chi connectivity index (χ3v) is 3.58. The van der Waals surface area contributed by atoms with Gasteiger partial charge in [0.25, 0.3) is 0 Å². The number of nitrogens with zero attached hydrogens (tertiary/aromatic N) is 1. The molecule has 1 aromatic carbocycles. The molecule has 0 aliphatic heterocycles. The molecule has 0 bridgehead atoms. The average Bonchev–Trinajstić information content (AvgIpc) is 2.56. The van der Waals surface area contributed by atoms with Crippen LogP contribution in [-0.4, -0.2) is 31.2 Å². The van der Waals surface area contributed by atoms with Gasteiger partial charge in [-0.15, -0.1) is 0 Å². The number of carbonyl (C=O) groups is 1. The second kappa shape index (κ2) is 9.00. The molecule has 0 fully saturated rings. The van der Waals surface area contributed by atoms with Crippen molar-refractivity contribution in [2.45, 2.75) is 12.8 Å². The molecule has 0 aliphatic carbocycles. The van der Waals surface area contributed by atoms with E-state index in [1.807, 2.05) is 24.3 Å². The summed E-state index contributed by atoms with van der Waals surface area (Å²) in [5.41, 5.74) is 2.06. The Labute approximate surface area is 141 Å². The number of rotatable bonds is 7. The highest BCUT2D eigenvalue weighted by Crippen LogP contribution is 2.22. The zero-order chi connectivity index (χ0) is 16.5. The van der Waals surface area contributed by atoms with E-state index in [-0.39, 0.29) is 6.03 Å². The lowest BCUT2D eigenvalue weighted by Gasteiger charge is -2.10. The Morgan fingerprint density at radius 2 is 2.00 bits per heavy atom. The summed E-state index contributed by atoms with van der Waals surface area (Å²) in [6, 6.07) is 9.14. The minimum Gasteiger partial charge on any atom is -0.496 e. The normalized spacial score (nSPS) is 10.2. The molecule has 2 N–H and O–H groups in total. The predicted molar refractivity (Wildman–Crippen MR) is 91.1 cm³/mol. The van der Waals surface area contributed by atoms with Gasteiger partial charge in [-0.25, -0.2) is 4.79 Å². The molecule has 0 radical (unpaired) electrons. The number of urea groups is 1. The van der Waals surface area contributed by atoms with E-state index in [2.05, 4.69) is 15.6 Å². The van der Waals surface area contributed by atoms with E-state index >= 15 is 0 Å². The fraction of sp³-hybridized carbons (Fsp3) is 0.294. The number of hydrogen-bond acceptors (Lipinski definition) is 3. The largest absolute Gasteiger partial charge is 0.496 e. The zero-order valence-electron chi connectivity index (χ0n) is 13.0. The smallest absolute Gasteiger partial charge is 0.314 e. The first kappa shape index (κ1) is 17.1. The summed E-state index contributed by atoms with van der Waals surface area (Å²) >= 11 is 5.98. The summed E-state index contributed by atoms with van der Waals surface area (Å²) in [5.74, 6) is 0.771. The van der Waals surface area contributed by atoms with Gasteiger partial charge in [0.2, 0.25) is 0 Å². The van der Waals surface area contributed by atoms with Crippen molar-refractivity contribution < 1.29 is 9.53 Å². The van der Waals surface area contributed by atoms with Gasteiger partial charge in [-0.2, -0.15) is 0 Å². The summed E-state index contributed by atoms with van der Waals surface area (Å²) in [5, 5.41) is 6.30. The van der Waals surface area contributed by atoms with Gasteiger partial charge in [0.15, 0.2) is 0 Å². The summed E-state index contributed by atoms with van der Waals surface area (Å²) in [6.07, 6.45) is 4.93. The minimum absolute atomic E-state index is 0.185. The number of amides is 2. The highest BCUT2D eigenvalue weighted by atomic mass is 35.5. The van der Waals surface area contributed by atoms with Gasteiger partial charge < -0.3 is 15.4 Å². The van der Waals surface area contributed by atoms with E-state index in [0.29, 0.717) is 24.5 Å². The molecule has 23 heavy (non-hydrogen) atoms. The lowest BCUT2D eigenvalue weighted by atomic mass is 10.1. The van der Waals surface area contributed by atoms with Crippen LogP contribution in [0.4, 0.5) is 4.79 Å². The molecule has 2 rings (SSSR count). The molecule has 0 atom stereocenters. The van der Waals surface area contributed by atoms with E-state index in [9.17, 15) is 4.79 Å².